The molecule has 100 valence electrons. The molecular formula is C13H9N3O4. The maximum atomic E-state index is 11.6. The average molecular weight is 271 g/mol. The lowest BCUT2D eigenvalue weighted by Crippen LogP contribution is -2.16. The van der Waals surface area contributed by atoms with Crippen molar-refractivity contribution in [3.63, 3.8) is 0 Å². The number of carbonyl (C=O) groups is 1. The SMILES string of the molecule is COC(=O)c1cc(=O)nc2oc(-c3ccccc3)nn12. The number of fused-ring (bicyclic) bond motifs is 1. The lowest BCUT2D eigenvalue weighted by molar-refractivity contribution is 0.0590. The Kier molecular flexibility index (Phi) is 2.79. The van der Waals surface area contributed by atoms with Gasteiger partial charge in [-0.05, 0) is 12.1 Å². The highest BCUT2D eigenvalue weighted by Gasteiger charge is 2.17. The van der Waals surface area contributed by atoms with Crippen molar-refractivity contribution in [1.82, 2.24) is 14.6 Å². The molecule has 3 rings (SSSR count). The number of carbonyl (C=O) groups excluding carboxylic acids is 1. The number of nitrogens with zero attached hydrogens (tertiary/aromatic N) is 3. The number of methoxy groups -OCH3 is 1. The number of esters is 1. The van der Waals surface area contributed by atoms with Gasteiger partial charge in [-0.3, -0.25) is 4.79 Å². The van der Waals surface area contributed by atoms with Gasteiger partial charge in [0.1, 0.15) is 0 Å². The van der Waals surface area contributed by atoms with Crippen molar-refractivity contribution in [1.29, 1.82) is 0 Å². The maximum absolute atomic E-state index is 11.6. The van der Waals surface area contributed by atoms with Crippen molar-refractivity contribution < 1.29 is 13.9 Å². The van der Waals surface area contributed by atoms with Crippen LogP contribution in [0.1, 0.15) is 10.5 Å². The van der Waals surface area contributed by atoms with Crippen molar-refractivity contribution in [2.75, 3.05) is 7.11 Å². The van der Waals surface area contributed by atoms with E-state index in [0.29, 0.717) is 5.56 Å². The van der Waals surface area contributed by atoms with Crippen LogP contribution in [0.25, 0.3) is 17.3 Å². The Morgan fingerprint density at radius 3 is 2.75 bits per heavy atom. The van der Waals surface area contributed by atoms with Crippen LogP contribution in [0.15, 0.2) is 45.6 Å². The number of rotatable bonds is 2. The Morgan fingerprint density at radius 2 is 2.05 bits per heavy atom. The van der Waals surface area contributed by atoms with Crippen LogP contribution in [0.4, 0.5) is 0 Å². The van der Waals surface area contributed by atoms with Gasteiger partial charge in [-0.1, -0.05) is 18.2 Å². The first-order valence-electron chi connectivity index (χ1n) is 5.73. The van der Waals surface area contributed by atoms with Crippen LogP contribution in [-0.2, 0) is 4.74 Å². The number of ether oxygens (including phenoxy) is 1. The second kappa shape index (κ2) is 4.61. The van der Waals surface area contributed by atoms with Crippen molar-refractivity contribution >= 4 is 11.8 Å². The summed E-state index contributed by atoms with van der Waals surface area (Å²) in [5, 5.41) is 4.14. The van der Waals surface area contributed by atoms with E-state index in [1.807, 2.05) is 18.2 Å². The molecule has 0 aliphatic rings. The molecule has 1 aromatic carbocycles. The molecule has 20 heavy (non-hydrogen) atoms. The monoisotopic (exact) mass is 271 g/mol. The molecule has 0 aliphatic heterocycles. The predicted molar refractivity (Wildman–Crippen MR) is 68.3 cm³/mol. The Hall–Kier alpha value is -2.96. The van der Waals surface area contributed by atoms with Gasteiger partial charge < -0.3 is 9.15 Å². The molecule has 0 spiro atoms. The van der Waals surface area contributed by atoms with Crippen LogP contribution in [0.3, 0.4) is 0 Å². The molecular weight excluding hydrogens is 262 g/mol. The molecule has 0 saturated carbocycles. The highest BCUT2D eigenvalue weighted by molar-refractivity contribution is 5.87. The molecule has 0 fully saturated rings. The van der Waals surface area contributed by atoms with Gasteiger partial charge in [0.15, 0.2) is 5.69 Å². The zero-order chi connectivity index (χ0) is 14.1. The first-order valence-corrected chi connectivity index (χ1v) is 5.73. The van der Waals surface area contributed by atoms with Gasteiger partial charge in [0.25, 0.3) is 5.56 Å². The van der Waals surface area contributed by atoms with E-state index in [-0.39, 0.29) is 17.4 Å². The van der Waals surface area contributed by atoms with Crippen molar-refractivity contribution in [3.8, 4) is 11.5 Å². The molecule has 0 aliphatic carbocycles. The molecule has 3 aromatic rings. The van der Waals surface area contributed by atoms with Gasteiger partial charge in [0.2, 0.25) is 5.89 Å². The fourth-order valence-electron chi connectivity index (χ4n) is 1.76. The fourth-order valence-corrected chi connectivity index (χ4v) is 1.76. The quantitative estimate of drug-likeness (QED) is 0.649. The van der Waals surface area contributed by atoms with Gasteiger partial charge in [-0.25, -0.2) is 4.79 Å². The van der Waals surface area contributed by atoms with E-state index in [0.717, 1.165) is 10.6 Å². The first kappa shape index (κ1) is 12.1. The number of hydrogen-bond donors (Lipinski definition) is 0. The van der Waals surface area contributed by atoms with Crippen LogP contribution in [0, 0.1) is 0 Å². The second-order valence-corrected chi connectivity index (χ2v) is 3.94. The van der Waals surface area contributed by atoms with Crippen LogP contribution < -0.4 is 5.56 Å². The lowest BCUT2D eigenvalue weighted by atomic mass is 10.2. The van der Waals surface area contributed by atoms with E-state index < -0.39 is 11.5 Å². The lowest BCUT2D eigenvalue weighted by Gasteiger charge is -1.98. The standard InChI is InChI=1S/C13H9N3O4/c1-19-12(18)9-7-10(17)14-13-16(9)15-11(20-13)8-5-3-2-4-6-8/h2-7H,1H3. The number of aromatic nitrogens is 3. The van der Waals surface area contributed by atoms with E-state index in [1.165, 1.54) is 7.11 Å². The summed E-state index contributed by atoms with van der Waals surface area (Å²) in [7, 11) is 1.22. The molecule has 2 aromatic heterocycles. The fraction of sp³-hybridized carbons (Fsp3) is 0.0769. The van der Waals surface area contributed by atoms with E-state index in [1.54, 1.807) is 12.1 Å². The molecule has 7 nitrogen and oxygen atoms in total. The molecule has 0 radical (unpaired) electrons. The molecule has 0 saturated heterocycles. The zero-order valence-electron chi connectivity index (χ0n) is 10.4. The second-order valence-electron chi connectivity index (χ2n) is 3.94. The van der Waals surface area contributed by atoms with Crippen LogP contribution in [0.2, 0.25) is 0 Å². The maximum Gasteiger partial charge on any atom is 0.357 e. The third-order valence-corrected chi connectivity index (χ3v) is 2.67. The average Bonchev–Trinajstić information content (AvgIpc) is 2.90. The zero-order valence-corrected chi connectivity index (χ0v) is 10.4. The largest absolute Gasteiger partial charge is 0.464 e. The molecule has 2 heterocycles. The summed E-state index contributed by atoms with van der Waals surface area (Å²) >= 11 is 0. The third-order valence-electron chi connectivity index (χ3n) is 2.67. The Morgan fingerprint density at radius 1 is 1.30 bits per heavy atom. The predicted octanol–water partition coefficient (Wildman–Crippen LogP) is 1.14. The molecule has 0 unspecified atom stereocenters. The van der Waals surface area contributed by atoms with Gasteiger partial charge in [-0.2, -0.15) is 9.50 Å². The first-order chi connectivity index (χ1) is 9.69. The Bertz CT molecular complexity index is 836. The third kappa shape index (κ3) is 1.95. The minimum absolute atomic E-state index is 0.0339. The molecule has 0 atom stereocenters. The van der Waals surface area contributed by atoms with Crippen LogP contribution in [-0.4, -0.2) is 27.7 Å². The summed E-state index contributed by atoms with van der Waals surface area (Å²) < 4.78 is 11.2. The smallest absolute Gasteiger partial charge is 0.357 e. The van der Waals surface area contributed by atoms with E-state index in [4.69, 9.17) is 4.42 Å². The molecule has 0 bridgehead atoms. The van der Waals surface area contributed by atoms with Crippen molar-refractivity contribution in [2.24, 2.45) is 0 Å². The van der Waals surface area contributed by atoms with E-state index in [9.17, 15) is 9.59 Å². The number of benzene rings is 1. The van der Waals surface area contributed by atoms with Crippen LogP contribution in [0.5, 0.6) is 0 Å². The summed E-state index contributed by atoms with van der Waals surface area (Å²) in [4.78, 5) is 26.8. The Labute approximate surface area is 112 Å². The Balaban J connectivity index is 2.26. The van der Waals surface area contributed by atoms with Crippen molar-refractivity contribution in [2.45, 2.75) is 0 Å². The summed E-state index contributed by atoms with van der Waals surface area (Å²) in [5.41, 5.74) is 0.0795. The topological polar surface area (TPSA) is 86.7 Å². The molecule has 0 amide bonds. The van der Waals surface area contributed by atoms with Gasteiger partial charge in [-0.15, -0.1) is 5.10 Å². The summed E-state index contributed by atoms with van der Waals surface area (Å²) in [6.07, 6.45) is 0. The van der Waals surface area contributed by atoms with E-state index >= 15 is 0 Å². The van der Waals surface area contributed by atoms with Gasteiger partial charge in [0, 0.05) is 11.6 Å². The molecule has 7 heteroatoms. The van der Waals surface area contributed by atoms with Crippen molar-refractivity contribution in [3.05, 3.63) is 52.4 Å². The van der Waals surface area contributed by atoms with E-state index in [2.05, 4.69) is 14.8 Å². The summed E-state index contributed by atoms with van der Waals surface area (Å²) in [5.74, 6) is -0.488. The van der Waals surface area contributed by atoms with Gasteiger partial charge in [0.05, 0.1) is 7.11 Å². The minimum Gasteiger partial charge on any atom is -0.464 e. The summed E-state index contributed by atoms with van der Waals surface area (Å²) in [6.45, 7) is 0. The van der Waals surface area contributed by atoms with Gasteiger partial charge >= 0.3 is 11.8 Å². The normalized spacial score (nSPS) is 10.7. The minimum atomic E-state index is -0.688. The van der Waals surface area contributed by atoms with Crippen LogP contribution >= 0.6 is 0 Å². The highest BCUT2D eigenvalue weighted by atomic mass is 16.5. The summed E-state index contributed by atoms with van der Waals surface area (Å²) in [6, 6.07) is 10.1. The molecule has 0 N–H and O–H groups in total. The highest BCUT2D eigenvalue weighted by Crippen LogP contribution is 2.18. The number of hydrogen-bond acceptors (Lipinski definition) is 6.